The van der Waals surface area contributed by atoms with Crippen molar-refractivity contribution in [1.29, 1.82) is 0 Å². The summed E-state index contributed by atoms with van der Waals surface area (Å²) in [5.41, 5.74) is 9.04. The molecule has 1 aliphatic carbocycles. The first kappa shape index (κ1) is 18.4. The van der Waals surface area contributed by atoms with E-state index in [1.807, 2.05) is 31.2 Å². The number of hydrogen-bond acceptors (Lipinski definition) is 3. The topological polar surface area (TPSA) is 66.5 Å². The largest absolute Gasteiger partial charge is 0.497 e. The van der Waals surface area contributed by atoms with E-state index in [2.05, 4.69) is 4.57 Å². The fourth-order valence-electron chi connectivity index (χ4n) is 3.99. The van der Waals surface area contributed by atoms with Gasteiger partial charge in [-0.05, 0) is 43.9 Å². The van der Waals surface area contributed by atoms with Crippen LogP contribution in [0.2, 0.25) is 0 Å². The van der Waals surface area contributed by atoms with Crippen LogP contribution >= 0.6 is 0 Å². The smallest absolute Gasteiger partial charge is 0.250 e. The van der Waals surface area contributed by atoms with Crippen molar-refractivity contribution >= 4 is 5.91 Å². The summed E-state index contributed by atoms with van der Waals surface area (Å²) in [6.07, 6.45) is 6.38. The molecular weight excluding hydrogens is 328 g/mol. The van der Waals surface area contributed by atoms with Gasteiger partial charge in [0.15, 0.2) is 0 Å². The molecule has 5 heteroatoms. The van der Waals surface area contributed by atoms with Gasteiger partial charge in [0.2, 0.25) is 0 Å². The first-order chi connectivity index (χ1) is 12.5. The Balaban J connectivity index is 2.07. The second-order valence-electron chi connectivity index (χ2n) is 7.07. The molecule has 140 valence electrons. The fraction of sp³-hybridized carbons (Fsp3) is 0.476. The molecule has 2 N–H and O–H groups in total. The number of methoxy groups -OCH3 is 2. The van der Waals surface area contributed by atoms with E-state index in [9.17, 15) is 4.79 Å². The van der Waals surface area contributed by atoms with E-state index >= 15 is 0 Å². The van der Waals surface area contributed by atoms with Gasteiger partial charge in [0.25, 0.3) is 5.91 Å². The minimum atomic E-state index is -0.390. The maximum absolute atomic E-state index is 11.9. The Labute approximate surface area is 155 Å². The molecule has 1 heterocycles. The van der Waals surface area contributed by atoms with Gasteiger partial charge < -0.3 is 19.8 Å². The Morgan fingerprint density at radius 2 is 1.88 bits per heavy atom. The van der Waals surface area contributed by atoms with Crippen LogP contribution in [0.1, 0.15) is 48.2 Å². The van der Waals surface area contributed by atoms with Crippen LogP contribution in [-0.4, -0.2) is 24.7 Å². The van der Waals surface area contributed by atoms with E-state index in [1.165, 1.54) is 32.1 Å². The van der Waals surface area contributed by atoms with E-state index < -0.39 is 5.91 Å². The molecular formula is C21H28N2O3. The SMILES string of the molecule is COc1ccc(-c2cc(C(N)=O)c(C)n2CC2CCCCC2)c(OC)c1. The predicted octanol–water partition coefficient (Wildman–Crippen LogP) is 4.16. The van der Waals surface area contributed by atoms with Crippen LogP contribution in [0.4, 0.5) is 0 Å². The molecule has 0 saturated heterocycles. The number of aromatic nitrogens is 1. The average Bonchev–Trinajstić information content (AvgIpc) is 2.98. The fourth-order valence-corrected chi connectivity index (χ4v) is 3.99. The van der Waals surface area contributed by atoms with Crippen molar-refractivity contribution in [2.75, 3.05) is 14.2 Å². The number of carbonyl (C=O) groups excluding carboxylic acids is 1. The molecule has 26 heavy (non-hydrogen) atoms. The standard InChI is InChI=1S/C21H28N2O3/c1-14-18(21(22)24)12-19(23(14)13-15-7-5-4-6-8-15)17-10-9-16(25-2)11-20(17)26-3/h9-12,15H,4-8,13H2,1-3H3,(H2,22,24). The average molecular weight is 356 g/mol. The number of nitrogens with zero attached hydrogens (tertiary/aromatic N) is 1. The molecule has 0 spiro atoms. The second kappa shape index (κ2) is 7.85. The van der Waals surface area contributed by atoms with Gasteiger partial charge in [0, 0.05) is 23.9 Å². The third-order valence-electron chi connectivity index (χ3n) is 5.48. The number of hydrogen-bond donors (Lipinski definition) is 1. The number of nitrogens with two attached hydrogens (primary N) is 1. The van der Waals surface area contributed by atoms with E-state index in [4.69, 9.17) is 15.2 Å². The zero-order valence-corrected chi connectivity index (χ0v) is 15.9. The first-order valence-electron chi connectivity index (χ1n) is 9.27. The lowest BCUT2D eigenvalue weighted by molar-refractivity contribution is 0.0999. The zero-order chi connectivity index (χ0) is 18.7. The van der Waals surface area contributed by atoms with Crippen molar-refractivity contribution in [1.82, 2.24) is 4.57 Å². The number of benzene rings is 1. The maximum atomic E-state index is 11.9. The molecule has 1 amide bonds. The molecule has 3 rings (SSSR count). The van der Waals surface area contributed by atoms with Crippen LogP contribution < -0.4 is 15.2 Å². The monoisotopic (exact) mass is 356 g/mol. The van der Waals surface area contributed by atoms with Gasteiger partial charge in [-0.15, -0.1) is 0 Å². The van der Waals surface area contributed by atoms with Gasteiger partial charge in [-0.25, -0.2) is 0 Å². The van der Waals surface area contributed by atoms with Crippen molar-refractivity contribution in [2.45, 2.75) is 45.6 Å². The minimum Gasteiger partial charge on any atom is -0.497 e. The van der Waals surface area contributed by atoms with Crippen molar-refractivity contribution in [3.8, 4) is 22.8 Å². The second-order valence-corrected chi connectivity index (χ2v) is 7.07. The maximum Gasteiger partial charge on any atom is 0.250 e. The number of carbonyl (C=O) groups is 1. The Kier molecular flexibility index (Phi) is 5.55. The van der Waals surface area contributed by atoms with Crippen LogP contribution in [0.3, 0.4) is 0 Å². The quantitative estimate of drug-likeness (QED) is 0.845. The number of ether oxygens (including phenoxy) is 2. The highest BCUT2D eigenvalue weighted by Crippen LogP contribution is 2.37. The van der Waals surface area contributed by atoms with Crippen LogP contribution in [0.15, 0.2) is 24.3 Å². The molecule has 1 saturated carbocycles. The van der Waals surface area contributed by atoms with E-state index in [1.54, 1.807) is 14.2 Å². The normalized spacial score (nSPS) is 15.0. The van der Waals surface area contributed by atoms with Gasteiger partial charge in [0.05, 0.1) is 25.5 Å². The lowest BCUT2D eigenvalue weighted by Crippen LogP contribution is -2.17. The Morgan fingerprint density at radius 3 is 2.50 bits per heavy atom. The summed E-state index contributed by atoms with van der Waals surface area (Å²) in [7, 11) is 3.28. The van der Waals surface area contributed by atoms with E-state index in [0.717, 1.165) is 35.0 Å². The summed E-state index contributed by atoms with van der Waals surface area (Å²) >= 11 is 0. The first-order valence-corrected chi connectivity index (χ1v) is 9.27. The summed E-state index contributed by atoms with van der Waals surface area (Å²) in [6.45, 7) is 2.88. The van der Waals surface area contributed by atoms with Gasteiger partial charge in [-0.2, -0.15) is 0 Å². The van der Waals surface area contributed by atoms with Crippen molar-refractivity contribution in [3.63, 3.8) is 0 Å². The summed E-state index contributed by atoms with van der Waals surface area (Å²) in [4.78, 5) is 11.9. The lowest BCUT2D eigenvalue weighted by Gasteiger charge is -2.24. The highest BCUT2D eigenvalue weighted by atomic mass is 16.5. The van der Waals surface area contributed by atoms with Gasteiger partial charge >= 0.3 is 0 Å². The summed E-state index contributed by atoms with van der Waals surface area (Å²) in [6, 6.07) is 7.65. The molecule has 2 aromatic rings. The van der Waals surface area contributed by atoms with Crippen LogP contribution in [0.25, 0.3) is 11.3 Å². The Hall–Kier alpha value is -2.43. The Bertz CT molecular complexity index is 789. The highest BCUT2D eigenvalue weighted by Gasteiger charge is 2.22. The molecule has 1 aromatic carbocycles. The molecule has 0 bridgehead atoms. The van der Waals surface area contributed by atoms with Crippen LogP contribution in [0, 0.1) is 12.8 Å². The predicted molar refractivity (Wildman–Crippen MR) is 103 cm³/mol. The molecule has 1 aromatic heterocycles. The Morgan fingerprint density at radius 1 is 1.15 bits per heavy atom. The molecule has 1 aliphatic rings. The third-order valence-corrected chi connectivity index (χ3v) is 5.48. The molecule has 5 nitrogen and oxygen atoms in total. The minimum absolute atomic E-state index is 0.390. The van der Waals surface area contributed by atoms with Crippen molar-refractivity contribution < 1.29 is 14.3 Å². The third kappa shape index (κ3) is 3.57. The van der Waals surface area contributed by atoms with Crippen LogP contribution in [-0.2, 0) is 6.54 Å². The summed E-state index contributed by atoms with van der Waals surface area (Å²) in [5, 5.41) is 0. The summed E-state index contributed by atoms with van der Waals surface area (Å²) < 4.78 is 13.1. The molecule has 0 radical (unpaired) electrons. The molecule has 0 aliphatic heterocycles. The zero-order valence-electron chi connectivity index (χ0n) is 15.9. The van der Waals surface area contributed by atoms with Crippen LogP contribution in [0.5, 0.6) is 11.5 Å². The summed E-state index contributed by atoms with van der Waals surface area (Å²) in [5.74, 6) is 1.71. The van der Waals surface area contributed by atoms with Gasteiger partial charge in [-0.1, -0.05) is 19.3 Å². The molecule has 1 fully saturated rings. The number of amides is 1. The highest BCUT2D eigenvalue weighted by molar-refractivity contribution is 5.96. The van der Waals surface area contributed by atoms with Gasteiger partial charge in [-0.3, -0.25) is 4.79 Å². The molecule has 0 atom stereocenters. The lowest BCUT2D eigenvalue weighted by atomic mass is 9.89. The number of primary amides is 1. The van der Waals surface area contributed by atoms with Crippen molar-refractivity contribution in [3.05, 3.63) is 35.5 Å². The van der Waals surface area contributed by atoms with E-state index in [-0.39, 0.29) is 0 Å². The molecule has 0 unspecified atom stereocenters. The van der Waals surface area contributed by atoms with Crippen molar-refractivity contribution in [2.24, 2.45) is 11.7 Å². The van der Waals surface area contributed by atoms with Gasteiger partial charge in [0.1, 0.15) is 11.5 Å². The number of rotatable bonds is 6. The van der Waals surface area contributed by atoms with E-state index in [0.29, 0.717) is 11.5 Å².